The SMILES string of the molecule is C/C=C\C(=C(\C#N)C=N)C(F)(F)F. The van der Waals surface area contributed by atoms with Gasteiger partial charge in [-0.2, -0.15) is 18.4 Å². The Hall–Kier alpha value is -1.57. The number of alkyl halides is 3. The molecule has 1 N–H and O–H groups in total. The Balaban J connectivity index is 5.38. The van der Waals surface area contributed by atoms with Crippen LogP contribution in [0.3, 0.4) is 0 Å². The summed E-state index contributed by atoms with van der Waals surface area (Å²) in [7, 11) is 0. The summed E-state index contributed by atoms with van der Waals surface area (Å²) in [5, 5.41) is 14.9. The van der Waals surface area contributed by atoms with Crippen molar-refractivity contribution < 1.29 is 13.2 Å². The fourth-order valence-electron chi connectivity index (χ4n) is 0.674. The lowest BCUT2D eigenvalue weighted by Crippen LogP contribution is -2.12. The van der Waals surface area contributed by atoms with Gasteiger partial charge in [-0.15, -0.1) is 0 Å². The zero-order valence-electron chi connectivity index (χ0n) is 6.81. The fraction of sp³-hybridized carbons (Fsp3) is 0.250. The van der Waals surface area contributed by atoms with E-state index in [4.69, 9.17) is 10.7 Å². The van der Waals surface area contributed by atoms with E-state index in [2.05, 4.69) is 0 Å². The van der Waals surface area contributed by atoms with Crippen molar-refractivity contribution in [3.63, 3.8) is 0 Å². The molecule has 0 bridgehead atoms. The Kier molecular flexibility index (Phi) is 3.92. The van der Waals surface area contributed by atoms with Crippen molar-refractivity contribution in [3.8, 4) is 6.07 Å². The maximum atomic E-state index is 12.2. The van der Waals surface area contributed by atoms with Gasteiger partial charge in [-0.05, 0) is 6.92 Å². The summed E-state index contributed by atoms with van der Waals surface area (Å²) in [4.78, 5) is 0. The molecular weight excluding hydrogens is 181 g/mol. The molecule has 2 nitrogen and oxygen atoms in total. The van der Waals surface area contributed by atoms with Gasteiger partial charge in [-0.1, -0.05) is 12.2 Å². The fourth-order valence-corrected chi connectivity index (χ4v) is 0.674. The zero-order valence-corrected chi connectivity index (χ0v) is 6.81. The van der Waals surface area contributed by atoms with Gasteiger partial charge in [0.1, 0.15) is 6.07 Å². The van der Waals surface area contributed by atoms with Crippen LogP contribution < -0.4 is 0 Å². The first-order valence-corrected chi connectivity index (χ1v) is 3.32. The zero-order chi connectivity index (χ0) is 10.5. The molecule has 0 fully saturated rings. The standard InChI is InChI=1S/C8H7F3N2/c1-2-3-7(8(9,10)11)6(4-12)5-13/h2-4,12H,1H3/b3-2-,7-6-,12-4?. The first-order chi connectivity index (χ1) is 5.97. The summed E-state index contributed by atoms with van der Waals surface area (Å²) in [5.41, 5.74) is -1.78. The van der Waals surface area contributed by atoms with E-state index in [0.717, 1.165) is 6.08 Å². The molecule has 0 aliphatic carbocycles. The highest BCUT2D eigenvalue weighted by Gasteiger charge is 2.34. The van der Waals surface area contributed by atoms with E-state index in [1.807, 2.05) is 0 Å². The summed E-state index contributed by atoms with van der Waals surface area (Å²) < 4.78 is 36.5. The second-order valence-electron chi connectivity index (χ2n) is 2.08. The summed E-state index contributed by atoms with van der Waals surface area (Å²) in [6.07, 6.45) is -2.26. The summed E-state index contributed by atoms with van der Waals surface area (Å²) in [6, 6.07) is 1.31. The molecule has 0 saturated heterocycles. The van der Waals surface area contributed by atoms with Crippen LogP contribution in [0, 0.1) is 16.7 Å². The first kappa shape index (κ1) is 11.4. The molecule has 0 atom stereocenters. The van der Waals surface area contributed by atoms with Gasteiger partial charge in [0.2, 0.25) is 0 Å². The van der Waals surface area contributed by atoms with E-state index < -0.39 is 17.3 Å². The van der Waals surface area contributed by atoms with E-state index in [1.54, 1.807) is 0 Å². The molecule has 0 aliphatic rings. The van der Waals surface area contributed by atoms with Gasteiger partial charge in [0.15, 0.2) is 0 Å². The van der Waals surface area contributed by atoms with Crippen LogP contribution in [0.5, 0.6) is 0 Å². The molecule has 0 aliphatic heterocycles. The molecule has 0 aromatic heterocycles. The van der Waals surface area contributed by atoms with Crippen LogP contribution in [0.1, 0.15) is 6.92 Å². The van der Waals surface area contributed by atoms with Gasteiger partial charge < -0.3 is 5.41 Å². The van der Waals surface area contributed by atoms with Crippen molar-refractivity contribution in [1.82, 2.24) is 0 Å². The third-order valence-corrected chi connectivity index (χ3v) is 1.19. The maximum absolute atomic E-state index is 12.2. The van der Waals surface area contributed by atoms with Crippen molar-refractivity contribution in [2.45, 2.75) is 13.1 Å². The average Bonchev–Trinajstić information content (AvgIpc) is 2.03. The number of rotatable bonds is 2. The molecule has 0 radical (unpaired) electrons. The predicted octanol–water partition coefficient (Wildman–Crippen LogP) is 2.59. The predicted molar refractivity (Wildman–Crippen MR) is 42.3 cm³/mol. The lowest BCUT2D eigenvalue weighted by molar-refractivity contribution is -0.0884. The molecule has 0 aromatic rings. The van der Waals surface area contributed by atoms with Crippen molar-refractivity contribution in [3.05, 3.63) is 23.3 Å². The number of nitriles is 1. The molecule has 13 heavy (non-hydrogen) atoms. The lowest BCUT2D eigenvalue weighted by Gasteiger charge is -2.07. The average molecular weight is 188 g/mol. The molecule has 0 spiro atoms. The van der Waals surface area contributed by atoms with Crippen LogP contribution in [0.4, 0.5) is 13.2 Å². The Labute approximate surface area is 73.5 Å². The summed E-state index contributed by atoms with van der Waals surface area (Å²) in [6.45, 7) is 1.41. The number of hydrogen-bond acceptors (Lipinski definition) is 2. The summed E-state index contributed by atoms with van der Waals surface area (Å²) in [5.74, 6) is 0. The van der Waals surface area contributed by atoms with Crippen molar-refractivity contribution >= 4 is 6.21 Å². The molecule has 0 heterocycles. The lowest BCUT2D eigenvalue weighted by atomic mass is 10.1. The molecule has 5 heteroatoms. The number of hydrogen-bond donors (Lipinski definition) is 1. The highest BCUT2D eigenvalue weighted by atomic mass is 19.4. The van der Waals surface area contributed by atoms with Gasteiger partial charge in [0.25, 0.3) is 0 Å². The molecule has 0 rings (SSSR count). The second kappa shape index (κ2) is 4.45. The van der Waals surface area contributed by atoms with Crippen LogP contribution in [-0.4, -0.2) is 12.4 Å². The number of nitrogens with one attached hydrogen (secondary N) is 1. The highest BCUT2D eigenvalue weighted by Crippen LogP contribution is 2.28. The van der Waals surface area contributed by atoms with Crippen molar-refractivity contribution in [2.75, 3.05) is 0 Å². The van der Waals surface area contributed by atoms with Gasteiger partial charge in [0, 0.05) is 6.21 Å². The minimum absolute atomic E-state index is 0.392. The normalized spacial score (nSPS) is 13.8. The minimum atomic E-state index is -4.59. The maximum Gasteiger partial charge on any atom is 0.417 e. The van der Waals surface area contributed by atoms with Crippen LogP contribution in [0.2, 0.25) is 0 Å². The quantitative estimate of drug-likeness (QED) is 0.404. The van der Waals surface area contributed by atoms with Gasteiger partial charge in [-0.3, -0.25) is 0 Å². The Morgan fingerprint density at radius 2 is 2.00 bits per heavy atom. The van der Waals surface area contributed by atoms with E-state index in [0.29, 0.717) is 6.21 Å². The van der Waals surface area contributed by atoms with Gasteiger partial charge in [-0.25, -0.2) is 0 Å². The number of halogens is 3. The topological polar surface area (TPSA) is 47.6 Å². The Morgan fingerprint density at radius 3 is 2.23 bits per heavy atom. The molecule has 70 valence electrons. The van der Waals surface area contributed by atoms with E-state index in [1.165, 1.54) is 19.1 Å². The van der Waals surface area contributed by atoms with Crippen molar-refractivity contribution in [1.29, 1.82) is 10.7 Å². The highest BCUT2D eigenvalue weighted by molar-refractivity contribution is 5.83. The van der Waals surface area contributed by atoms with E-state index >= 15 is 0 Å². The monoisotopic (exact) mass is 188 g/mol. The van der Waals surface area contributed by atoms with E-state index in [-0.39, 0.29) is 0 Å². The number of nitrogens with zero attached hydrogens (tertiary/aromatic N) is 1. The smallest absolute Gasteiger partial charge is 0.307 e. The van der Waals surface area contributed by atoms with Crippen LogP contribution in [0.25, 0.3) is 0 Å². The van der Waals surface area contributed by atoms with Crippen LogP contribution in [0.15, 0.2) is 23.3 Å². The van der Waals surface area contributed by atoms with Gasteiger partial charge in [0.05, 0.1) is 11.1 Å². The Morgan fingerprint density at radius 1 is 1.46 bits per heavy atom. The minimum Gasteiger partial charge on any atom is -0.307 e. The van der Waals surface area contributed by atoms with Crippen molar-refractivity contribution in [2.24, 2.45) is 0 Å². The number of allylic oxidation sites excluding steroid dienone is 4. The third kappa shape index (κ3) is 3.11. The van der Waals surface area contributed by atoms with E-state index in [9.17, 15) is 13.2 Å². The first-order valence-electron chi connectivity index (χ1n) is 3.32. The van der Waals surface area contributed by atoms with Crippen LogP contribution >= 0.6 is 0 Å². The third-order valence-electron chi connectivity index (χ3n) is 1.19. The summed E-state index contributed by atoms with van der Waals surface area (Å²) >= 11 is 0. The van der Waals surface area contributed by atoms with Crippen LogP contribution in [-0.2, 0) is 0 Å². The Bertz CT molecular complexity index is 291. The molecule has 0 amide bonds. The largest absolute Gasteiger partial charge is 0.417 e. The second-order valence-corrected chi connectivity index (χ2v) is 2.08. The molecular formula is C8H7F3N2. The molecule has 0 aromatic carbocycles. The molecule has 0 unspecified atom stereocenters. The molecule has 0 saturated carbocycles. The van der Waals surface area contributed by atoms with Gasteiger partial charge >= 0.3 is 6.18 Å².